The molecule has 1 N–H and O–H groups in total. The van der Waals surface area contributed by atoms with E-state index >= 15 is 0 Å². The van der Waals surface area contributed by atoms with Crippen LogP contribution in [0, 0.1) is 5.82 Å². The maximum absolute atomic E-state index is 13.8. The van der Waals surface area contributed by atoms with Gasteiger partial charge in [0, 0.05) is 23.3 Å². The molecular weight excluding hydrogens is 367 g/mol. The van der Waals surface area contributed by atoms with Crippen molar-refractivity contribution in [3.8, 4) is 0 Å². The minimum atomic E-state index is -3.85. The van der Waals surface area contributed by atoms with Crippen LogP contribution in [0.25, 0.3) is 10.9 Å². The molecule has 0 amide bonds. The van der Waals surface area contributed by atoms with Gasteiger partial charge in [0.2, 0.25) is 0 Å². The fourth-order valence-electron chi connectivity index (χ4n) is 2.81. The maximum atomic E-state index is 13.8. The third kappa shape index (κ3) is 3.52. The molecule has 8 heteroatoms. The van der Waals surface area contributed by atoms with E-state index in [-0.39, 0.29) is 17.3 Å². The van der Waals surface area contributed by atoms with Gasteiger partial charge in [-0.05, 0) is 18.2 Å². The maximum Gasteiger partial charge on any atom is 0.264 e. The quantitative estimate of drug-likeness (QED) is 0.574. The van der Waals surface area contributed by atoms with E-state index in [1.807, 2.05) is 0 Å². The number of anilines is 1. The number of rotatable bonds is 5. The standard InChI is InChI=1S/C19H15FN4O2S/c20-17-8-2-1-5-15(17)12-24-13-16(11-22-24)23-27(25,26)18-9-3-6-14-7-4-10-21-19(14)18/h1-11,13,23H,12H2. The molecule has 0 saturated carbocycles. The molecule has 0 aliphatic rings. The van der Waals surface area contributed by atoms with Crippen LogP contribution in [0.5, 0.6) is 0 Å². The topological polar surface area (TPSA) is 76.9 Å². The molecule has 136 valence electrons. The summed E-state index contributed by atoms with van der Waals surface area (Å²) in [6.07, 6.45) is 4.45. The predicted octanol–water partition coefficient (Wildman–Crippen LogP) is 3.42. The van der Waals surface area contributed by atoms with E-state index < -0.39 is 10.0 Å². The summed E-state index contributed by atoms with van der Waals surface area (Å²) < 4.78 is 43.3. The van der Waals surface area contributed by atoms with Crippen molar-refractivity contribution >= 4 is 26.6 Å². The zero-order chi connectivity index (χ0) is 18.9. The Kier molecular flexibility index (Phi) is 4.33. The van der Waals surface area contributed by atoms with Crippen molar-refractivity contribution in [1.82, 2.24) is 14.8 Å². The highest BCUT2D eigenvalue weighted by molar-refractivity contribution is 7.93. The molecule has 6 nitrogen and oxygen atoms in total. The molecule has 0 saturated heterocycles. The zero-order valence-electron chi connectivity index (χ0n) is 14.1. The van der Waals surface area contributed by atoms with Crippen molar-refractivity contribution in [2.24, 2.45) is 0 Å². The molecule has 4 rings (SSSR count). The number of para-hydroxylation sites is 1. The Morgan fingerprint density at radius 2 is 1.85 bits per heavy atom. The number of sulfonamides is 1. The van der Waals surface area contributed by atoms with Crippen LogP contribution in [0.4, 0.5) is 10.1 Å². The third-order valence-electron chi connectivity index (χ3n) is 4.06. The lowest BCUT2D eigenvalue weighted by molar-refractivity contribution is 0.585. The molecule has 27 heavy (non-hydrogen) atoms. The summed E-state index contributed by atoms with van der Waals surface area (Å²) in [5, 5.41) is 4.83. The van der Waals surface area contributed by atoms with E-state index in [1.54, 1.807) is 48.7 Å². The van der Waals surface area contributed by atoms with Gasteiger partial charge in [0.25, 0.3) is 10.0 Å². The van der Waals surface area contributed by atoms with Gasteiger partial charge in [0.15, 0.2) is 0 Å². The van der Waals surface area contributed by atoms with Gasteiger partial charge in [0.05, 0.1) is 23.9 Å². The first-order valence-electron chi connectivity index (χ1n) is 8.15. The Morgan fingerprint density at radius 3 is 2.70 bits per heavy atom. The lowest BCUT2D eigenvalue weighted by Gasteiger charge is -2.08. The van der Waals surface area contributed by atoms with Crippen LogP contribution in [0.3, 0.4) is 0 Å². The number of hydrogen-bond acceptors (Lipinski definition) is 4. The molecule has 4 aromatic rings. The van der Waals surface area contributed by atoms with E-state index in [0.717, 1.165) is 5.39 Å². The van der Waals surface area contributed by atoms with Gasteiger partial charge in [-0.3, -0.25) is 14.4 Å². The van der Waals surface area contributed by atoms with Crippen molar-refractivity contribution in [2.45, 2.75) is 11.4 Å². The van der Waals surface area contributed by atoms with Crippen LogP contribution in [0.1, 0.15) is 5.56 Å². The normalized spacial score (nSPS) is 11.6. The minimum Gasteiger partial charge on any atom is -0.276 e. The first-order chi connectivity index (χ1) is 13.0. The summed E-state index contributed by atoms with van der Waals surface area (Å²) in [5.41, 5.74) is 1.15. The SMILES string of the molecule is O=S(=O)(Nc1cnn(Cc2ccccc2F)c1)c1cccc2cccnc12. The van der Waals surface area contributed by atoms with E-state index in [1.165, 1.54) is 29.2 Å². The number of aromatic nitrogens is 3. The Labute approximate surface area is 155 Å². The number of pyridine rings is 1. The van der Waals surface area contributed by atoms with E-state index in [0.29, 0.717) is 16.8 Å². The second-order valence-corrected chi connectivity index (χ2v) is 7.61. The molecule has 0 spiro atoms. The zero-order valence-corrected chi connectivity index (χ0v) is 14.9. The molecule has 0 aliphatic heterocycles. The van der Waals surface area contributed by atoms with Crippen LogP contribution in [-0.2, 0) is 16.6 Å². The van der Waals surface area contributed by atoms with Gasteiger partial charge >= 0.3 is 0 Å². The number of fused-ring (bicyclic) bond motifs is 1. The summed E-state index contributed by atoms with van der Waals surface area (Å²) in [6.45, 7) is 0.199. The van der Waals surface area contributed by atoms with E-state index in [4.69, 9.17) is 0 Å². The van der Waals surface area contributed by atoms with E-state index in [9.17, 15) is 12.8 Å². The van der Waals surface area contributed by atoms with Crippen LogP contribution in [0.15, 0.2) is 78.1 Å². The van der Waals surface area contributed by atoms with Gasteiger partial charge in [-0.15, -0.1) is 0 Å². The molecule has 2 aromatic carbocycles. The number of nitrogens with zero attached hydrogens (tertiary/aromatic N) is 3. The molecule has 0 atom stereocenters. The molecule has 0 aliphatic carbocycles. The van der Waals surface area contributed by atoms with Gasteiger partial charge in [-0.1, -0.05) is 36.4 Å². The first kappa shape index (κ1) is 17.2. The highest BCUT2D eigenvalue weighted by Gasteiger charge is 2.19. The van der Waals surface area contributed by atoms with Gasteiger partial charge in [-0.2, -0.15) is 5.10 Å². The van der Waals surface area contributed by atoms with Crippen molar-refractivity contribution in [3.63, 3.8) is 0 Å². The smallest absolute Gasteiger partial charge is 0.264 e. The molecule has 0 bridgehead atoms. The average Bonchev–Trinajstić information content (AvgIpc) is 3.09. The fraction of sp³-hybridized carbons (Fsp3) is 0.0526. The van der Waals surface area contributed by atoms with Crippen molar-refractivity contribution in [1.29, 1.82) is 0 Å². The number of hydrogen-bond donors (Lipinski definition) is 1. The van der Waals surface area contributed by atoms with Gasteiger partial charge in [0.1, 0.15) is 10.7 Å². The van der Waals surface area contributed by atoms with Crippen LogP contribution in [-0.4, -0.2) is 23.2 Å². The Morgan fingerprint density at radius 1 is 1.04 bits per heavy atom. The number of benzene rings is 2. The summed E-state index contributed by atoms with van der Waals surface area (Å²) in [4.78, 5) is 4.26. The Bertz CT molecular complexity index is 1220. The third-order valence-corrected chi connectivity index (χ3v) is 5.47. The monoisotopic (exact) mass is 382 g/mol. The molecule has 0 unspecified atom stereocenters. The highest BCUT2D eigenvalue weighted by atomic mass is 32.2. The summed E-state index contributed by atoms with van der Waals surface area (Å²) in [6, 6.07) is 14.9. The summed E-state index contributed by atoms with van der Waals surface area (Å²) >= 11 is 0. The summed E-state index contributed by atoms with van der Waals surface area (Å²) in [5.74, 6) is -0.336. The second kappa shape index (κ2) is 6.81. The first-order valence-corrected chi connectivity index (χ1v) is 9.64. The molecule has 0 fully saturated rings. The Hall–Kier alpha value is -3.26. The van der Waals surface area contributed by atoms with Crippen molar-refractivity contribution in [3.05, 3.63) is 84.6 Å². The van der Waals surface area contributed by atoms with Gasteiger partial charge in [-0.25, -0.2) is 12.8 Å². The number of halogens is 1. The van der Waals surface area contributed by atoms with Crippen LogP contribution < -0.4 is 4.72 Å². The molecule has 0 radical (unpaired) electrons. The highest BCUT2D eigenvalue weighted by Crippen LogP contribution is 2.23. The summed E-state index contributed by atoms with van der Waals surface area (Å²) in [7, 11) is -3.85. The van der Waals surface area contributed by atoms with Crippen LogP contribution in [0.2, 0.25) is 0 Å². The van der Waals surface area contributed by atoms with Crippen molar-refractivity contribution in [2.75, 3.05) is 4.72 Å². The fourth-order valence-corrected chi connectivity index (χ4v) is 4.02. The molecule has 2 heterocycles. The minimum absolute atomic E-state index is 0.0856. The van der Waals surface area contributed by atoms with Gasteiger partial charge < -0.3 is 0 Å². The van der Waals surface area contributed by atoms with Crippen LogP contribution >= 0.6 is 0 Å². The Balaban J connectivity index is 1.60. The lowest BCUT2D eigenvalue weighted by Crippen LogP contribution is -2.13. The lowest BCUT2D eigenvalue weighted by atomic mass is 10.2. The van der Waals surface area contributed by atoms with Crippen molar-refractivity contribution < 1.29 is 12.8 Å². The molecular formula is C19H15FN4O2S. The largest absolute Gasteiger partial charge is 0.276 e. The van der Waals surface area contributed by atoms with E-state index in [2.05, 4.69) is 14.8 Å². The predicted molar refractivity (Wildman–Crippen MR) is 100 cm³/mol. The second-order valence-electron chi connectivity index (χ2n) is 5.95. The number of nitrogens with one attached hydrogen (secondary N) is 1. The average molecular weight is 382 g/mol. The molecule has 2 aromatic heterocycles.